The normalized spacial score (nSPS) is 23.8. The summed E-state index contributed by atoms with van der Waals surface area (Å²) in [4.78, 5) is 13.2. The number of ether oxygens (including phenoxy) is 6. The molecule has 11 unspecified atom stereocenters. The molecule has 0 aromatic carbocycles. The van der Waals surface area contributed by atoms with Crippen LogP contribution in [0.2, 0.25) is 0 Å². The van der Waals surface area contributed by atoms with Gasteiger partial charge in [0.2, 0.25) is 0 Å². The number of hydrogen-bond acceptors (Lipinski definition) is 14. The molecule has 14 heteroatoms. The Morgan fingerprint density at radius 3 is 1.20 bits per heavy atom. The molecular weight excluding hydrogens is 1080 g/mol. The number of rotatable bonds is 55. The lowest BCUT2D eigenvalue weighted by molar-refractivity contribution is -0.332. The minimum absolute atomic E-state index is 0.0520. The molecule has 0 saturated carbocycles. The first-order chi connectivity index (χ1) is 41.6. The molecule has 2 saturated heterocycles. The molecule has 0 radical (unpaired) electrons. The van der Waals surface area contributed by atoms with Gasteiger partial charge in [-0.2, -0.15) is 0 Å². The van der Waals surface area contributed by atoms with Crippen molar-refractivity contribution < 1.29 is 69.0 Å². The van der Waals surface area contributed by atoms with E-state index in [1.165, 1.54) is 122 Å². The predicted octanol–water partition coefficient (Wildman–Crippen LogP) is 14.1. The lowest BCUT2D eigenvalue weighted by Crippen LogP contribution is -2.61. The van der Waals surface area contributed by atoms with Crippen molar-refractivity contribution in [3.8, 4) is 0 Å². The van der Waals surface area contributed by atoms with Gasteiger partial charge in [0.25, 0.3) is 0 Å². The van der Waals surface area contributed by atoms with Crippen molar-refractivity contribution in [3.63, 3.8) is 0 Å². The maximum absolute atomic E-state index is 13.2. The Morgan fingerprint density at radius 1 is 0.400 bits per heavy atom. The second-order valence-electron chi connectivity index (χ2n) is 23.3. The van der Waals surface area contributed by atoms with E-state index < -0.39 is 80.7 Å². The number of aliphatic hydroxyl groups is 7. The third-order valence-electron chi connectivity index (χ3n) is 15.6. The maximum Gasteiger partial charge on any atom is 0.306 e. The quantitative estimate of drug-likeness (QED) is 0.0171. The van der Waals surface area contributed by atoms with Gasteiger partial charge in [-0.1, -0.05) is 239 Å². The summed E-state index contributed by atoms with van der Waals surface area (Å²) in [6, 6.07) is 0. The van der Waals surface area contributed by atoms with Crippen LogP contribution < -0.4 is 0 Å². The molecule has 7 N–H and O–H groups in total. The average Bonchev–Trinajstić information content (AvgIpc) is 2.82. The maximum atomic E-state index is 13.2. The Bertz CT molecular complexity index is 1780. The SMILES string of the molecule is CC/C=C\C/C=C\C/C=C\C/C=C\C/C=C\CCCCCCCCCCCCOCC(COC1OC(COC2OC(CO)C(O)C(O)C2O)C(O)C(O)C1O)OC(=O)CCCCCCCCCCCC/C=C\C/C=C\C/C=C\CCCCCCC. The molecule has 0 bridgehead atoms. The van der Waals surface area contributed by atoms with Gasteiger partial charge in [0.05, 0.1) is 26.4 Å². The third kappa shape index (κ3) is 41.7. The van der Waals surface area contributed by atoms with Crippen molar-refractivity contribution in [1.82, 2.24) is 0 Å². The van der Waals surface area contributed by atoms with Crippen LogP contribution in [0.25, 0.3) is 0 Å². The van der Waals surface area contributed by atoms with Crippen molar-refractivity contribution in [3.05, 3.63) is 97.2 Å². The van der Waals surface area contributed by atoms with E-state index in [0.29, 0.717) is 13.0 Å². The first-order valence-corrected chi connectivity index (χ1v) is 33.8. The van der Waals surface area contributed by atoms with Crippen LogP contribution in [0.3, 0.4) is 0 Å². The highest BCUT2D eigenvalue weighted by atomic mass is 16.7. The molecule has 490 valence electrons. The molecule has 2 aliphatic heterocycles. The van der Waals surface area contributed by atoms with Crippen LogP contribution in [0.4, 0.5) is 0 Å². The number of unbranched alkanes of at least 4 members (excludes halogenated alkanes) is 25. The number of allylic oxidation sites excluding steroid dienone is 16. The van der Waals surface area contributed by atoms with Crippen LogP contribution in [0, 0.1) is 0 Å². The molecule has 11 atom stereocenters. The highest BCUT2D eigenvalue weighted by Gasteiger charge is 2.47. The Balaban J connectivity index is 1.66. The zero-order chi connectivity index (χ0) is 61.5. The fraction of sp³-hybridized carbons (Fsp3) is 0.761. The van der Waals surface area contributed by atoms with Crippen molar-refractivity contribution in [2.45, 2.75) is 313 Å². The second-order valence-corrected chi connectivity index (χ2v) is 23.3. The highest BCUT2D eigenvalue weighted by Crippen LogP contribution is 2.27. The molecule has 0 aromatic rings. The predicted molar refractivity (Wildman–Crippen MR) is 344 cm³/mol. The average molecular weight is 1200 g/mol. The number of hydrogen-bond donors (Lipinski definition) is 7. The summed E-state index contributed by atoms with van der Waals surface area (Å²) in [5.41, 5.74) is 0. The van der Waals surface area contributed by atoms with Crippen LogP contribution >= 0.6 is 0 Å². The minimum Gasteiger partial charge on any atom is -0.457 e. The van der Waals surface area contributed by atoms with E-state index in [9.17, 15) is 40.5 Å². The minimum atomic E-state index is -1.71. The van der Waals surface area contributed by atoms with Crippen molar-refractivity contribution in [1.29, 1.82) is 0 Å². The number of esters is 1. The molecule has 2 rings (SSSR count). The standard InChI is InChI=1S/C71H122O14/c1-3-5-7-9-11-13-15-17-19-21-23-25-27-29-31-33-35-37-39-41-43-45-47-49-51-53-55-80-57-60(58-81-70-69(79)67(77)65(75)62(85-70)59-82-71-68(78)66(76)64(74)61(56-72)84-71)83-63(73)54-52-50-48-46-44-42-40-38-36-34-32-30-28-26-24-22-20-18-16-14-12-10-8-6-4-2/h5,7,11,13,16-19,22-25,28-31,60-62,64-72,74-79H,3-4,6,8-10,12,14-15,20-21,26-27,32-59H2,1-2H3/b7-5-,13-11-,18-16-,19-17-,24-22-,25-23-,30-28-,31-29-. The fourth-order valence-corrected chi connectivity index (χ4v) is 10.2. The molecule has 14 nitrogen and oxygen atoms in total. The summed E-state index contributed by atoms with van der Waals surface area (Å²) in [6.07, 6.45) is 60.4. The smallest absolute Gasteiger partial charge is 0.306 e. The van der Waals surface area contributed by atoms with Gasteiger partial charge < -0.3 is 64.2 Å². The molecule has 0 amide bonds. The van der Waals surface area contributed by atoms with Crippen LogP contribution in [0.5, 0.6) is 0 Å². The molecule has 2 aliphatic rings. The first-order valence-electron chi connectivity index (χ1n) is 33.8. The van der Waals surface area contributed by atoms with Crippen molar-refractivity contribution in [2.75, 3.05) is 33.0 Å². The molecule has 2 heterocycles. The van der Waals surface area contributed by atoms with E-state index >= 15 is 0 Å². The summed E-state index contributed by atoms with van der Waals surface area (Å²) in [5, 5.41) is 72.6. The summed E-state index contributed by atoms with van der Waals surface area (Å²) >= 11 is 0. The molecular formula is C71H122O14. The van der Waals surface area contributed by atoms with Crippen LogP contribution in [0.15, 0.2) is 97.2 Å². The van der Waals surface area contributed by atoms with Gasteiger partial charge in [0.1, 0.15) is 54.9 Å². The van der Waals surface area contributed by atoms with Gasteiger partial charge in [0, 0.05) is 13.0 Å². The fourth-order valence-electron chi connectivity index (χ4n) is 10.2. The highest BCUT2D eigenvalue weighted by molar-refractivity contribution is 5.69. The monoisotopic (exact) mass is 1200 g/mol. The topological polar surface area (TPSA) is 214 Å². The van der Waals surface area contributed by atoms with Crippen LogP contribution in [-0.4, -0.2) is 142 Å². The van der Waals surface area contributed by atoms with E-state index in [0.717, 1.165) is 96.3 Å². The van der Waals surface area contributed by atoms with E-state index in [4.69, 9.17) is 28.4 Å². The molecule has 85 heavy (non-hydrogen) atoms. The molecule has 0 spiro atoms. The zero-order valence-corrected chi connectivity index (χ0v) is 53.1. The Labute approximate surface area is 515 Å². The summed E-state index contributed by atoms with van der Waals surface area (Å²) < 4.78 is 34.5. The van der Waals surface area contributed by atoms with E-state index in [1.54, 1.807) is 0 Å². The Morgan fingerprint density at radius 2 is 0.765 bits per heavy atom. The van der Waals surface area contributed by atoms with E-state index in [2.05, 4.69) is 111 Å². The van der Waals surface area contributed by atoms with E-state index in [-0.39, 0.29) is 25.6 Å². The number of carbonyl (C=O) groups is 1. The summed E-state index contributed by atoms with van der Waals surface area (Å²) in [7, 11) is 0. The van der Waals surface area contributed by atoms with E-state index in [1.807, 2.05) is 0 Å². The zero-order valence-electron chi connectivity index (χ0n) is 53.1. The van der Waals surface area contributed by atoms with Gasteiger partial charge in [-0.15, -0.1) is 0 Å². The largest absolute Gasteiger partial charge is 0.457 e. The Kier molecular flexibility index (Phi) is 51.5. The van der Waals surface area contributed by atoms with Crippen molar-refractivity contribution >= 4 is 5.97 Å². The Hall–Kier alpha value is -3.09. The van der Waals surface area contributed by atoms with Gasteiger partial charge in [0.15, 0.2) is 12.6 Å². The molecule has 0 aliphatic carbocycles. The number of carbonyl (C=O) groups excluding carboxylic acids is 1. The summed E-state index contributed by atoms with van der Waals surface area (Å²) in [5.74, 6) is -0.383. The van der Waals surface area contributed by atoms with Gasteiger partial charge in [-0.05, 0) is 96.3 Å². The second kappa shape index (κ2) is 56.2. The van der Waals surface area contributed by atoms with Crippen LogP contribution in [-0.2, 0) is 33.2 Å². The lowest BCUT2D eigenvalue weighted by atomic mass is 9.98. The number of aliphatic hydroxyl groups excluding tert-OH is 7. The summed E-state index contributed by atoms with van der Waals surface area (Å²) in [6.45, 7) is 3.56. The molecule has 0 aromatic heterocycles. The van der Waals surface area contributed by atoms with Gasteiger partial charge in [-0.25, -0.2) is 0 Å². The van der Waals surface area contributed by atoms with Gasteiger partial charge >= 0.3 is 5.97 Å². The van der Waals surface area contributed by atoms with Gasteiger partial charge in [-0.3, -0.25) is 4.79 Å². The lowest BCUT2D eigenvalue weighted by Gasteiger charge is -2.42. The third-order valence-corrected chi connectivity index (χ3v) is 15.6. The van der Waals surface area contributed by atoms with Crippen molar-refractivity contribution in [2.24, 2.45) is 0 Å². The van der Waals surface area contributed by atoms with Crippen LogP contribution in [0.1, 0.15) is 245 Å². The first kappa shape index (κ1) is 78.0. The molecule has 2 fully saturated rings.